The Morgan fingerprint density at radius 2 is 1.67 bits per heavy atom. The highest BCUT2D eigenvalue weighted by Gasteiger charge is 2.20. The quantitative estimate of drug-likeness (QED) is 0.283. The number of likely N-dealkylation sites (tertiary alicyclic amines) is 1. The van der Waals surface area contributed by atoms with Crippen LogP contribution in [-0.4, -0.2) is 81.5 Å². The van der Waals surface area contributed by atoms with Crippen molar-refractivity contribution in [3.8, 4) is 28.0 Å². The predicted octanol–water partition coefficient (Wildman–Crippen LogP) is 4.31. The minimum Gasteiger partial charge on any atom is -0.492 e. The second-order valence-corrected chi connectivity index (χ2v) is 11.6. The lowest BCUT2D eigenvalue weighted by atomic mass is 9.96. The van der Waals surface area contributed by atoms with E-state index in [0.717, 1.165) is 65.9 Å². The van der Waals surface area contributed by atoms with E-state index in [2.05, 4.69) is 38.6 Å². The van der Waals surface area contributed by atoms with Crippen LogP contribution in [0.15, 0.2) is 61.2 Å². The zero-order valence-corrected chi connectivity index (χ0v) is 25.7. The summed E-state index contributed by atoms with van der Waals surface area (Å²) < 4.78 is 9.35. The van der Waals surface area contributed by atoms with E-state index >= 15 is 0 Å². The molecule has 5 rings (SSSR count). The first-order valence-corrected chi connectivity index (χ1v) is 14.8. The molecule has 0 spiro atoms. The molecule has 0 saturated carbocycles. The third kappa shape index (κ3) is 7.50. The number of aryl methyl sites for hydroxylation is 2. The summed E-state index contributed by atoms with van der Waals surface area (Å²) in [6.45, 7) is 7.10. The van der Waals surface area contributed by atoms with Gasteiger partial charge in [0.2, 0.25) is 5.91 Å². The van der Waals surface area contributed by atoms with Gasteiger partial charge in [0, 0.05) is 55.8 Å². The Hall–Kier alpha value is -4.44. The maximum Gasteiger partial charge on any atom is 0.252 e. The summed E-state index contributed by atoms with van der Waals surface area (Å²) in [7, 11) is 5.88. The SMILES string of the molecule is Cc1ccc(OCCN(C)C)cc1C(=O)N[C@H](C)c1cc(-c2cnn(C)c2)cc(-c2cnn(CC(=O)N3CCCC3)c2)c1. The minimum absolute atomic E-state index is 0.0933. The van der Waals surface area contributed by atoms with E-state index in [0.29, 0.717) is 17.9 Å². The van der Waals surface area contributed by atoms with E-state index in [-0.39, 0.29) is 24.4 Å². The Balaban J connectivity index is 1.38. The topological polar surface area (TPSA) is 97.5 Å². The molecule has 2 aromatic carbocycles. The summed E-state index contributed by atoms with van der Waals surface area (Å²) in [5.41, 5.74) is 6.21. The standard InChI is InChI=1S/C33H41N7O3/c1-23-8-9-30(43-13-12-37(3)4)17-31(23)33(42)36-24(2)25-14-26(28-18-34-38(5)20-28)16-27(15-25)29-19-35-40(21-29)22-32(41)39-10-6-7-11-39/h8-9,14-21,24H,6-7,10-13,22H2,1-5H3,(H,36,42)/t24-/m1/s1. The van der Waals surface area contributed by atoms with Gasteiger partial charge in [-0.05, 0) is 93.4 Å². The molecule has 1 atom stereocenters. The molecule has 0 radical (unpaired) electrons. The molecule has 1 fully saturated rings. The number of nitrogens with one attached hydrogen (secondary N) is 1. The number of amides is 2. The highest BCUT2D eigenvalue weighted by Crippen LogP contribution is 2.31. The maximum absolute atomic E-state index is 13.5. The second kappa shape index (κ2) is 13.2. The molecule has 1 aliphatic heterocycles. The number of ether oxygens (including phenoxy) is 1. The van der Waals surface area contributed by atoms with Crippen LogP contribution in [0.3, 0.4) is 0 Å². The minimum atomic E-state index is -0.285. The summed E-state index contributed by atoms with van der Waals surface area (Å²) in [4.78, 5) is 30.1. The zero-order valence-electron chi connectivity index (χ0n) is 25.7. The Kier molecular flexibility index (Phi) is 9.25. The van der Waals surface area contributed by atoms with Crippen LogP contribution in [0.4, 0.5) is 0 Å². The molecule has 3 heterocycles. The fourth-order valence-corrected chi connectivity index (χ4v) is 5.25. The molecule has 1 N–H and O–H groups in total. The molecule has 2 amide bonds. The van der Waals surface area contributed by atoms with Crippen molar-refractivity contribution >= 4 is 11.8 Å². The van der Waals surface area contributed by atoms with Crippen LogP contribution >= 0.6 is 0 Å². The summed E-state index contributed by atoms with van der Waals surface area (Å²) in [5.74, 6) is 0.603. The lowest BCUT2D eigenvalue weighted by Gasteiger charge is -2.18. The number of rotatable bonds is 11. The lowest BCUT2D eigenvalue weighted by Crippen LogP contribution is -2.31. The number of hydrogen-bond donors (Lipinski definition) is 1. The van der Waals surface area contributed by atoms with Gasteiger partial charge in [-0.25, -0.2) is 0 Å². The van der Waals surface area contributed by atoms with Crippen LogP contribution in [0.25, 0.3) is 22.3 Å². The van der Waals surface area contributed by atoms with Crippen LogP contribution in [0, 0.1) is 6.92 Å². The molecular weight excluding hydrogens is 542 g/mol. The number of carbonyl (C=O) groups excluding carboxylic acids is 2. The molecule has 0 bridgehead atoms. The smallest absolute Gasteiger partial charge is 0.252 e. The van der Waals surface area contributed by atoms with E-state index in [1.165, 1.54) is 0 Å². The summed E-state index contributed by atoms with van der Waals surface area (Å²) in [6.07, 6.45) is 9.62. The number of nitrogens with zero attached hydrogens (tertiary/aromatic N) is 6. The molecule has 1 aliphatic rings. The Morgan fingerprint density at radius 3 is 2.35 bits per heavy atom. The van der Waals surface area contributed by atoms with Gasteiger partial charge in [0.05, 0.1) is 18.4 Å². The van der Waals surface area contributed by atoms with E-state index in [9.17, 15) is 9.59 Å². The van der Waals surface area contributed by atoms with E-state index in [1.54, 1.807) is 15.6 Å². The molecule has 10 heteroatoms. The van der Waals surface area contributed by atoms with Gasteiger partial charge in [0.25, 0.3) is 5.91 Å². The molecule has 226 valence electrons. The van der Waals surface area contributed by atoms with Crippen molar-refractivity contribution < 1.29 is 14.3 Å². The fraction of sp³-hybridized carbons (Fsp3) is 0.394. The lowest BCUT2D eigenvalue weighted by molar-refractivity contribution is -0.130. The third-order valence-corrected chi connectivity index (χ3v) is 7.82. The zero-order chi connectivity index (χ0) is 30.5. The van der Waals surface area contributed by atoms with Gasteiger partial charge in [-0.15, -0.1) is 0 Å². The average Bonchev–Trinajstić information content (AvgIpc) is 3.76. The van der Waals surface area contributed by atoms with Crippen molar-refractivity contribution in [2.75, 3.05) is 40.3 Å². The third-order valence-electron chi connectivity index (χ3n) is 7.82. The molecular formula is C33H41N7O3. The highest BCUT2D eigenvalue weighted by atomic mass is 16.5. The van der Waals surface area contributed by atoms with Crippen LogP contribution < -0.4 is 10.1 Å². The summed E-state index contributed by atoms with van der Waals surface area (Å²) >= 11 is 0. The van der Waals surface area contributed by atoms with Gasteiger partial charge >= 0.3 is 0 Å². The molecule has 10 nitrogen and oxygen atoms in total. The van der Waals surface area contributed by atoms with Crippen LogP contribution in [0.1, 0.15) is 47.3 Å². The van der Waals surface area contributed by atoms with Gasteiger partial charge in [0.15, 0.2) is 0 Å². The van der Waals surface area contributed by atoms with Crippen molar-refractivity contribution in [2.24, 2.45) is 7.05 Å². The summed E-state index contributed by atoms with van der Waals surface area (Å²) in [6, 6.07) is 11.6. The highest BCUT2D eigenvalue weighted by molar-refractivity contribution is 5.96. The first kappa shape index (κ1) is 30.0. The molecule has 0 unspecified atom stereocenters. The average molecular weight is 584 g/mol. The Bertz CT molecular complexity index is 1580. The van der Waals surface area contributed by atoms with E-state index in [1.807, 2.05) is 76.7 Å². The molecule has 4 aromatic rings. The number of benzene rings is 2. The monoisotopic (exact) mass is 583 g/mol. The van der Waals surface area contributed by atoms with Gasteiger partial charge in [0.1, 0.15) is 18.9 Å². The van der Waals surface area contributed by atoms with Crippen LogP contribution in [0.2, 0.25) is 0 Å². The van der Waals surface area contributed by atoms with Crippen molar-refractivity contribution in [1.29, 1.82) is 0 Å². The van der Waals surface area contributed by atoms with Crippen molar-refractivity contribution in [3.05, 3.63) is 77.9 Å². The fourth-order valence-electron chi connectivity index (χ4n) is 5.25. The van der Waals surface area contributed by atoms with Crippen molar-refractivity contribution in [2.45, 2.75) is 39.3 Å². The van der Waals surface area contributed by atoms with E-state index < -0.39 is 0 Å². The summed E-state index contributed by atoms with van der Waals surface area (Å²) in [5, 5.41) is 12.0. The normalized spacial score (nSPS) is 13.9. The molecule has 43 heavy (non-hydrogen) atoms. The van der Waals surface area contributed by atoms with Gasteiger partial charge < -0.3 is 19.9 Å². The van der Waals surface area contributed by atoms with E-state index in [4.69, 9.17) is 4.74 Å². The molecule has 2 aromatic heterocycles. The van der Waals surface area contributed by atoms with Gasteiger partial charge in [-0.3, -0.25) is 19.0 Å². The predicted molar refractivity (Wildman–Crippen MR) is 167 cm³/mol. The second-order valence-electron chi connectivity index (χ2n) is 11.6. The largest absolute Gasteiger partial charge is 0.492 e. The van der Waals surface area contributed by atoms with Crippen molar-refractivity contribution in [3.63, 3.8) is 0 Å². The first-order valence-electron chi connectivity index (χ1n) is 14.8. The van der Waals surface area contributed by atoms with Gasteiger partial charge in [-0.1, -0.05) is 6.07 Å². The first-order chi connectivity index (χ1) is 20.7. The van der Waals surface area contributed by atoms with Crippen LogP contribution in [-0.2, 0) is 18.4 Å². The number of carbonyl (C=O) groups is 2. The number of hydrogen-bond acceptors (Lipinski definition) is 6. The number of aromatic nitrogens is 4. The van der Waals surface area contributed by atoms with Crippen LogP contribution in [0.5, 0.6) is 5.75 Å². The van der Waals surface area contributed by atoms with Gasteiger partial charge in [-0.2, -0.15) is 10.2 Å². The molecule has 0 aliphatic carbocycles. The molecule has 1 saturated heterocycles. The Labute approximate surface area is 253 Å². The van der Waals surface area contributed by atoms with Crippen molar-refractivity contribution in [1.82, 2.24) is 34.7 Å². The number of likely N-dealkylation sites (N-methyl/N-ethyl adjacent to an activating group) is 1. The maximum atomic E-state index is 13.5. The Morgan fingerprint density at radius 1 is 0.977 bits per heavy atom.